The van der Waals surface area contributed by atoms with Crippen LogP contribution in [-0.2, 0) is 14.3 Å². The first kappa shape index (κ1) is 16.3. The van der Waals surface area contributed by atoms with Crippen molar-refractivity contribution in [2.24, 2.45) is 0 Å². The molecule has 100 valence electrons. The molecule has 0 spiro atoms. The average Bonchev–Trinajstić information content (AvgIpc) is 2.33. The Bertz CT molecular complexity index is 200. The van der Waals surface area contributed by atoms with Gasteiger partial charge in [0.25, 0.3) is 0 Å². The molecule has 0 amide bonds. The average molecular weight is 242 g/mol. The van der Waals surface area contributed by atoms with Gasteiger partial charge in [0.15, 0.2) is 5.78 Å². The number of ether oxygens (including phenoxy) is 2. The molecule has 0 saturated heterocycles. The van der Waals surface area contributed by atoms with Crippen LogP contribution in [0.25, 0.3) is 0 Å². The number of carbonyl (C=O) groups excluding carboxylic acids is 1. The van der Waals surface area contributed by atoms with Gasteiger partial charge in [-0.15, -0.1) is 0 Å². The molecule has 0 radical (unpaired) electrons. The Hall–Kier alpha value is -0.670. The Labute approximate surface area is 105 Å². The van der Waals surface area contributed by atoms with Crippen LogP contribution in [0.4, 0.5) is 0 Å². The van der Waals surface area contributed by atoms with Crippen LogP contribution in [-0.4, -0.2) is 33.2 Å². The quantitative estimate of drug-likeness (QED) is 0.389. The zero-order valence-electron chi connectivity index (χ0n) is 11.2. The molecule has 17 heavy (non-hydrogen) atoms. The maximum Gasteiger partial charge on any atom is 0.155 e. The number of hydrogen-bond donors (Lipinski definition) is 0. The molecular weight excluding hydrogens is 216 g/mol. The molecule has 0 bridgehead atoms. The van der Waals surface area contributed by atoms with Gasteiger partial charge in [-0.3, -0.25) is 4.79 Å². The van der Waals surface area contributed by atoms with Gasteiger partial charge in [0.1, 0.15) is 0 Å². The van der Waals surface area contributed by atoms with Gasteiger partial charge in [0.2, 0.25) is 0 Å². The van der Waals surface area contributed by atoms with Gasteiger partial charge in [-0.05, 0) is 38.2 Å². The van der Waals surface area contributed by atoms with Gasteiger partial charge in [-0.2, -0.15) is 0 Å². The summed E-state index contributed by atoms with van der Waals surface area (Å²) in [6, 6.07) is 0. The number of hydrogen-bond acceptors (Lipinski definition) is 3. The zero-order chi connectivity index (χ0) is 12.8. The molecule has 0 heterocycles. The molecule has 0 atom stereocenters. The van der Waals surface area contributed by atoms with E-state index >= 15 is 0 Å². The molecule has 0 aromatic carbocycles. The molecule has 0 fully saturated rings. The molecule has 0 aliphatic carbocycles. The van der Waals surface area contributed by atoms with E-state index in [-0.39, 0.29) is 5.78 Å². The predicted octanol–water partition coefficient (Wildman–Crippen LogP) is 3.14. The number of methoxy groups -OCH3 is 2. The van der Waals surface area contributed by atoms with Crippen LogP contribution < -0.4 is 0 Å². The summed E-state index contributed by atoms with van der Waals surface area (Å²) in [7, 11) is 3.42. The van der Waals surface area contributed by atoms with Gasteiger partial charge in [-0.1, -0.05) is 12.5 Å². The smallest absolute Gasteiger partial charge is 0.155 e. The largest absolute Gasteiger partial charge is 0.385 e. The molecule has 0 saturated carbocycles. The fourth-order valence-corrected chi connectivity index (χ4v) is 1.53. The number of rotatable bonds is 12. The van der Waals surface area contributed by atoms with E-state index in [9.17, 15) is 4.79 Å². The normalized spacial score (nSPS) is 11.2. The van der Waals surface area contributed by atoms with Crippen LogP contribution in [0.1, 0.15) is 44.9 Å². The van der Waals surface area contributed by atoms with Gasteiger partial charge >= 0.3 is 0 Å². The lowest BCUT2D eigenvalue weighted by Crippen LogP contribution is -1.94. The minimum absolute atomic E-state index is 0.245. The van der Waals surface area contributed by atoms with E-state index in [0.717, 1.165) is 51.7 Å². The Balaban J connectivity index is 3.29. The van der Waals surface area contributed by atoms with Crippen molar-refractivity contribution in [3.63, 3.8) is 0 Å². The molecular formula is C14H26O3. The molecule has 0 rings (SSSR count). The number of unbranched alkanes of at least 4 members (excludes halogenated alkanes) is 4. The van der Waals surface area contributed by atoms with Crippen molar-refractivity contribution < 1.29 is 14.3 Å². The van der Waals surface area contributed by atoms with Crippen molar-refractivity contribution in [2.45, 2.75) is 44.9 Å². The Morgan fingerprint density at radius 2 is 1.59 bits per heavy atom. The second-order valence-electron chi connectivity index (χ2n) is 4.16. The summed E-state index contributed by atoms with van der Waals surface area (Å²) >= 11 is 0. The van der Waals surface area contributed by atoms with Crippen LogP contribution in [0, 0.1) is 0 Å². The van der Waals surface area contributed by atoms with Crippen LogP contribution in [0.2, 0.25) is 0 Å². The minimum Gasteiger partial charge on any atom is -0.385 e. The molecule has 0 aromatic heterocycles. The third-order valence-corrected chi connectivity index (χ3v) is 2.54. The first-order chi connectivity index (χ1) is 8.31. The standard InChI is InChI=1S/C14H26O3/c1-16-12-8-4-3-6-10-14(15)11-7-5-9-13-17-2/h6,10H,3-5,7-9,11-13H2,1-2H3/b10-6+. The van der Waals surface area contributed by atoms with Crippen molar-refractivity contribution in [2.75, 3.05) is 27.4 Å². The van der Waals surface area contributed by atoms with E-state index < -0.39 is 0 Å². The summed E-state index contributed by atoms with van der Waals surface area (Å²) < 4.78 is 9.90. The predicted molar refractivity (Wildman–Crippen MR) is 70.2 cm³/mol. The van der Waals surface area contributed by atoms with Crippen LogP contribution in [0.3, 0.4) is 0 Å². The van der Waals surface area contributed by atoms with Crippen molar-refractivity contribution in [1.29, 1.82) is 0 Å². The molecule has 0 aromatic rings. The maximum atomic E-state index is 11.4. The molecule has 3 heteroatoms. The second kappa shape index (κ2) is 13.4. The van der Waals surface area contributed by atoms with Gasteiger partial charge in [-0.25, -0.2) is 0 Å². The monoisotopic (exact) mass is 242 g/mol. The van der Waals surface area contributed by atoms with Gasteiger partial charge in [0, 0.05) is 33.9 Å². The first-order valence-electron chi connectivity index (χ1n) is 6.48. The van der Waals surface area contributed by atoms with E-state index in [1.54, 1.807) is 20.3 Å². The lowest BCUT2D eigenvalue weighted by atomic mass is 10.1. The minimum atomic E-state index is 0.245. The highest BCUT2D eigenvalue weighted by Crippen LogP contribution is 2.02. The molecule has 3 nitrogen and oxygen atoms in total. The summed E-state index contributed by atoms with van der Waals surface area (Å²) in [6.07, 6.45) is 10.6. The maximum absolute atomic E-state index is 11.4. The van der Waals surface area contributed by atoms with Crippen molar-refractivity contribution in [1.82, 2.24) is 0 Å². The SMILES string of the molecule is COCCCC/C=C/C(=O)CCCCCOC. The van der Waals surface area contributed by atoms with E-state index in [1.165, 1.54) is 0 Å². The number of allylic oxidation sites excluding steroid dienone is 2. The fourth-order valence-electron chi connectivity index (χ4n) is 1.53. The lowest BCUT2D eigenvalue weighted by molar-refractivity contribution is -0.114. The topological polar surface area (TPSA) is 35.5 Å². The Kier molecular flexibility index (Phi) is 12.9. The van der Waals surface area contributed by atoms with E-state index in [1.807, 2.05) is 6.08 Å². The lowest BCUT2D eigenvalue weighted by Gasteiger charge is -1.98. The summed E-state index contributed by atoms with van der Waals surface area (Å²) in [6.45, 7) is 1.60. The molecule has 0 N–H and O–H groups in total. The molecule has 0 aliphatic heterocycles. The summed E-state index contributed by atoms with van der Waals surface area (Å²) in [5.41, 5.74) is 0. The fraction of sp³-hybridized carbons (Fsp3) is 0.786. The zero-order valence-corrected chi connectivity index (χ0v) is 11.2. The van der Waals surface area contributed by atoms with Crippen molar-refractivity contribution in [3.05, 3.63) is 12.2 Å². The molecule has 0 unspecified atom stereocenters. The van der Waals surface area contributed by atoms with E-state index in [4.69, 9.17) is 9.47 Å². The first-order valence-corrected chi connectivity index (χ1v) is 6.48. The van der Waals surface area contributed by atoms with E-state index in [0.29, 0.717) is 6.42 Å². The third-order valence-electron chi connectivity index (χ3n) is 2.54. The van der Waals surface area contributed by atoms with Crippen LogP contribution in [0.5, 0.6) is 0 Å². The summed E-state index contributed by atoms with van der Waals surface area (Å²) in [4.78, 5) is 11.4. The highest BCUT2D eigenvalue weighted by molar-refractivity contribution is 5.89. The summed E-state index contributed by atoms with van der Waals surface area (Å²) in [5, 5.41) is 0. The summed E-state index contributed by atoms with van der Waals surface area (Å²) in [5.74, 6) is 0.245. The second-order valence-corrected chi connectivity index (χ2v) is 4.16. The molecule has 0 aliphatic rings. The van der Waals surface area contributed by atoms with E-state index in [2.05, 4.69) is 0 Å². The number of ketones is 1. The van der Waals surface area contributed by atoms with Crippen molar-refractivity contribution >= 4 is 5.78 Å². The van der Waals surface area contributed by atoms with Crippen LogP contribution >= 0.6 is 0 Å². The number of carbonyl (C=O) groups is 1. The van der Waals surface area contributed by atoms with Gasteiger partial charge in [0.05, 0.1) is 0 Å². The van der Waals surface area contributed by atoms with Gasteiger partial charge < -0.3 is 9.47 Å². The Morgan fingerprint density at radius 1 is 0.941 bits per heavy atom. The highest BCUT2D eigenvalue weighted by Gasteiger charge is 1.96. The Morgan fingerprint density at radius 3 is 2.24 bits per heavy atom. The third kappa shape index (κ3) is 13.3. The van der Waals surface area contributed by atoms with Crippen molar-refractivity contribution in [3.8, 4) is 0 Å². The highest BCUT2D eigenvalue weighted by atomic mass is 16.5. The van der Waals surface area contributed by atoms with Crippen LogP contribution in [0.15, 0.2) is 12.2 Å².